The Morgan fingerprint density at radius 1 is 0.854 bits per heavy atom. The number of carbonyl (C=O) groups is 2. The van der Waals surface area contributed by atoms with Gasteiger partial charge in [0.1, 0.15) is 22.8 Å². The van der Waals surface area contributed by atoms with Gasteiger partial charge in [-0.3, -0.25) is 26.0 Å². The molecule has 48 heavy (non-hydrogen) atoms. The minimum Gasteiger partial charge on any atom is -0.494 e. The van der Waals surface area contributed by atoms with Crippen LogP contribution in [0.5, 0.6) is 5.75 Å². The number of nitrogens with one attached hydrogen (secondary N) is 4. The fourth-order valence-corrected chi connectivity index (χ4v) is 4.72. The molecule has 0 saturated heterocycles. The van der Waals surface area contributed by atoms with Crippen LogP contribution in [-0.2, 0) is 22.6 Å². The van der Waals surface area contributed by atoms with Gasteiger partial charge in [-0.15, -0.1) is 0 Å². The Bertz CT molecular complexity index is 1430. The van der Waals surface area contributed by atoms with E-state index in [1.807, 2.05) is 58.1 Å². The first kappa shape index (κ1) is 37.9. The summed E-state index contributed by atoms with van der Waals surface area (Å²) in [5, 5.41) is 16.7. The zero-order valence-corrected chi connectivity index (χ0v) is 29.4. The molecule has 2 heterocycles. The van der Waals surface area contributed by atoms with E-state index in [1.165, 1.54) is 0 Å². The molecule has 4 N–H and O–H groups in total. The summed E-state index contributed by atoms with van der Waals surface area (Å²) in [6, 6.07) is 7.92. The first-order valence-electron chi connectivity index (χ1n) is 16.8. The second-order valence-electron chi connectivity index (χ2n) is 13.6. The lowest BCUT2D eigenvalue weighted by Gasteiger charge is -2.22. The lowest BCUT2D eigenvalue weighted by molar-refractivity contribution is 0.0545. The maximum Gasteiger partial charge on any atom is 0.414 e. The van der Waals surface area contributed by atoms with Crippen molar-refractivity contribution in [2.24, 2.45) is 9.98 Å². The molecule has 13 heteroatoms. The summed E-state index contributed by atoms with van der Waals surface area (Å²) in [4.78, 5) is 33.3. The molecule has 1 aliphatic rings. The summed E-state index contributed by atoms with van der Waals surface area (Å²) in [6.45, 7) is 13.8. The SMILES string of the molecule is CC(C)(C)OC(=O)NC(=NCCCCCCCCn1ccn(CCCOc2ccc(C3=NCC=CN3)cc2)c1=N)NC(=O)OC(C)(C)C. The van der Waals surface area contributed by atoms with E-state index in [9.17, 15) is 9.59 Å². The van der Waals surface area contributed by atoms with Gasteiger partial charge < -0.3 is 28.7 Å². The Kier molecular flexibility index (Phi) is 14.8. The fraction of sp³-hybridized carbons (Fsp3) is 0.571. The summed E-state index contributed by atoms with van der Waals surface area (Å²) >= 11 is 0. The number of guanidine groups is 1. The van der Waals surface area contributed by atoms with Gasteiger partial charge in [-0.2, -0.15) is 0 Å². The van der Waals surface area contributed by atoms with E-state index in [-0.39, 0.29) is 5.96 Å². The number of alkyl carbamates (subject to hydrolysis) is 2. The van der Waals surface area contributed by atoms with Crippen LogP contribution in [0.4, 0.5) is 9.59 Å². The first-order chi connectivity index (χ1) is 22.8. The third-order valence-corrected chi connectivity index (χ3v) is 6.92. The van der Waals surface area contributed by atoms with Gasteiger partial charge in [-0.1, -0.05) is 25.7 Å². The van der Waals surface area contributed by atoms with E-state index < -0.39 is 23.4 Å². The Labute approximate surface area is 284 Å². The number of hydrogen-bond donors (Lipinski definition) is 4. The second-order valence-corrected chi connectivity index (χ2v) is 13.6. The van der Waals surface area contributed by atoms with Crippen LogP contribution in [0, 0.1) is 5.41 Å². The number of aromatic nitrogens is 2. The molecule has 1 aromatic heterocycles. The number of carbonyl (C=O) groups excluding carboxylic acids is 2. The highest BCUT2D eigenvalue weighted by atomic mass is 16.6. The molecule has 0 saturated carbocycles. The normalized spacial score (nSPS) is 12.8. The lowest BCUT2D eigenvalue weighted by atomic mass is 10.1. The van der Waals surface area contributed by atoms with E-state index >= 15 is 0 Å². The molecule has 0 unspecified atom stereocenters. The predicted molar refractivity (Wildman–Crippen MR) is 187 cm³/mol. The van der Waals surface area contributed by atoms with Gasteiger partial charge in [0.2, 0.25) is 11.6 Å². The summed E-state index contributed by atoms with van der Waals surface area (Å²) in [7, 11) is 0. The van der Waals surface area contributed by atoms with Crippen molar-refractivity contribution in [1.82, 2.24) is 25.1 Å². The van der Waals surface area contributed by atoms with Crippen LogP contribution in [0.15, 0.2) is 58.9 Å². The van der Waals surface area contributed by atoms with Crippen molar-refractivity contribution in [1.29, 1.82) is 5.41 Å². The van der Waals surface area contributed by atoms with Gasteiger partial charge in [0.25, 0.3) is 0 Å². The van der Waals surface area contributed by atoms with E-state index in [1.54, 1.807) is 41.5 Å². The summed E-state index contributed by atoms with van der Waals surface area (Å²) < 4.78 is 20.4. The highest BCUT2D eigenvalue weighted by Gasteiger charge is 2.21. The Hall–Kier alpha value is -4.55. The van der Waals surface area contributed by atoms with Gasteiger partial charge in [0, 0.05) is 43.8 Å². The summed E-state index contributed by atoms with van der Waals surface area (Å²) in [5.41, 5.74) is 0.167. The number of imidazole rings is 1. The third kappa shape index (κ3) is 14.9. The van der Waals surface area contributed by atoms with Crippen molar-refractivity contribution in [3.05, 3.63) is 60.1 Å². The monoisotopic (exact) mass is 666 g/mol. The molecule has 0 atom stereocenters. The molecule has 2 aromatic rings. The van der Waals surface area contributed by atoms with Crippen molar-refractivity contribution < 1.29 is 23.8 Å². The smallest absolute Gasteiger partial charge is 0.414 e. The van der Waals surface area contributed by atoms with E-state index in [0.717, 1.165) is 75.2 Å². The van der Waals surface area contributed by atoms with Crippen molar-refractivity contribution in [2.75, 3.05) is 19.7 Å². The van der Waals surface area contributed by atoms with Gasteiger partial charge in [0.15, 0.2) is 0 Å². The second kappa shape index (κ2) is 18.7. The van der Waals surface area contributed by atoms with Crippen molar-refractivity contribution in [3.63, 3.8) is 0 Å². The molecular formula is C35H54N8O5. The zero-order chi connectivity index (χ0) is 35.0. The highest BCUT2D eigenvalue weighted by molar-refractivity contribution is 6.01. The minimum atomic E-state index is -0.699. The number of ether oxygens (including phenoxy) is 3. The van der Waals surface area contributed by atoms with E-state index in [2.05, 4.69) is 25.9 Å². The molecular weight excluding hydrogens is 612 g/mol. The van der Waals surface area contributed by atoms with Crippen molar-refractivity contribution in [3.8, 4) is 5.75 Å². The minimum absolute atomic E-state index is 0.00730. The van der Waals surface area contributed by atoms with Gasteiger partial charge in [-0.25, -0.2) is 9.59 Å². The van der Waals surface area contributed by atoms with Crippen molar-refractivity contribution in [2.45, 2.75) is 111 Å². The molecule has 0 spiro atoms. The molecule has 13 nitrogen and oxygen atoms in total. The number of amidine groups is 1. The van der Waals surface area contributed by atoms with Crippen LogP contribution in [0.25, 0.3) is 0 Å². The number of amides is 2. The molecule has 1 aliphatic heterocycles. The average Bonchev–Trinajstić information content (AvgIpc) is 3.35. The highest BCUT2D eigenvalue weighted by Crippen LogP contribution is 2.14. The Balaban J connectivity index is 1.29. The number of rotatable bonds is 15. The maximum atomic E-state index is 12.2. The number of hydrogen-bond acceptors (Lipinski definition) is 9. The third-order valence-electron chi connectivity index (χ3n) is 6.92. The molecule has 0 bridgehead atoms. The first-order valence-corrected chi connectivity index (χ1v) is 16.8. The molecule has 1 aromatic carbocycles. The molecule has 0 aliphatic carbocycles. The lowest BCUT2D eigenvalue weighted by Crippen LogP contribution is -2.47. The molecule has 264 valence electrons. The maximum absolute atomic E-state index is 12.2. The van der Waals surface area contributed by atoms with E-state index in [0.29, 0.717) is 25.3 Å². The van der Waals surface area contributed by atoms with Gasteiger partial charge in [0.05, 0.1) is 13.2 Å². The quantitative estimate of drug-likeness (QED) is 0.106. The van der Waals surface area contributed by atoms with Crippen LogP contribution in [-0.4, -0.2) is 64.0 Å². The van der Waals surface area contributed by atoms with Gasteiger partial charge >= 0.3 is 12.2 Å². The molecule has 3 rings (SSSR count). The number of unbranched alkanes of at least 4 members (excludes halogenated alkanes) is 5. The predicted octanol–water partition coefficient (Wildman–Crippen LogP) is 5.85. The Morgan fingerprint density at radius 3 is 1.98 bits per heavy atom. The van der Waals surface area contributed by atoms with Crippen LogP contribution in [0.1, 0.15) is 92.1 Å². The van der Waals surface area contributed by atoms with Crippen LogP contribution < -0.4 is 26.3 Å². The number of aliphatic imine (C=N–C) groups is 2. The topological polar surface area (TPSA) is 156 Å². The molecule has 0 radical (unpaired) electrons. The molecule has 2 amide bonds. The summed E-state index contributed by atoms with van der Waals surface area (Å²) in [5.74, 6) is 1.70. The average molecular weight is 667 g/mol. The fourth-order valence-electron chi connectivity index (χ4n) is 4.72. The van der Waals surface area contributed by atoms with Crippen LogP contribution >= 0.6 is 0 Å². The standard InChI is InChI=1S/C35H54N8O5/c1-34(2,3)47-32(44)40-31(41-33(45)48-35(4,5)6)39-19-11-9-7-8-10-12-22-42-24-25-43(30(42)36)23-14-26-46-28-17-15-27(16-18-28)29-37-20-13-21-38-29/h13,15-18,20,24-25,36H,7-12,14,19,21-23,26H2,1-6H3,(H,37,38)(H2,39,40,41,44,45). The largest absolute Gasteiger partial charge is 0.494 e. The van der Waals surface area contributed by atoms with Crippen LogP contribution in [0.3, 0.4) is 0 Å². The van der Waals surface area contributed by atoms with E-state index in [4.69, 9.17) is 19.6 Å². The number of nitrogens with zero attached hydrogens (tertiary/aromatic N) is 4. The Morgan fingerprint density at radius 2 is 1.42 bits per heavy atom. The summed E-state index contributed by atoms with van der Waals surface area (Å²) in [6.07, 6.45) is 13.2. The van der Waals surface area contributed by atoms with Crippen LogP contribution in [0.2, 0.25) is 0 Å². The zero-order valence-electron chi connectivity index (χ0n) is 29.4. The van der Waals surface area contributed by atoms with Gasteiger partial charge in [-0.05, 0) is 91.1 Å². The van der Waals surface area contributed by atoms with Crippen molar-refractivity contribution >= 4 is 24.0 Å². The molecule has 0 fully saturated rings. The number of aryl methyl sites for hydroxylation is 2. The number of benzene rings is 1.